The molecule has 1 aliphatic heterocycles. The Morgan fingerprint density at radius 2 is 1.89 bits per heavy atom. The Hall–Kier alpha value is -2.00. The Morgan fingerprint density at radius 1 is 1.22 bits per heavy atom. The number of piperazine rings is 1. The molecule has 0 bridgehead atoms. The fourth-order valence-electron chi connectivity index (χ4n) is 3.74. The van der Waals surface area contributed by atoms with Gasteiger partial charge < -0.3 is 4.90 Å². The number of sulfonamides is 1. The first-order valence-corrected chi connectivity index (χ1v) is 11.0. The highest BCUT2D eigenvalue weighted by Crippen LogP contribution is 2.40. The van der Waals surface area contributed by atoms with E-state index >= 15 is 0 Å². The van der Waals surface area contributed by atoms with Gasteiger partial charge in [0.25, 0.3) is 5.91 Å². The van der Waals surface area contributed by atoms with Crippen LogP contribution in [0.3, 0.4) is 0 Å². The lowest BCUT2D eigenvalue weighted by Gasteiger charge is -2.34. The summed E-state index contributed by atoms with van der Waals surface area (Å²) in [7, 11) is -1.36. The lowest BCUT2D eigenvalue weighted by Crippen LogP contribution is -2.50. The number of rotatable bonds is 4. The molecule has 0 N–H and O–H groups in total. The number of amides is 1. The molecule has 1 saturated heterocycles. The van der Waals surface area contributed by atoms with Crippen LogP contribution in [0.25, 0.3) is 11.0 Å². The molecule has 1 amide bonds. The van der Waals surface area contributed by atoms with Crippen LogP contribution in [0.4, 0.5) is 0 Å². The van der Waals surface area contributed by atoms with Crippen molar-refractivity contribution in [3.05, 3.63) is 23.0 Å². The minimum atomic E-state index is -3.21. The molecule has 2 aliphatic rings. The van der Waals surface area contributed by atoms with Crippen LogP contribution in [0.1, 0.15) is 47.4 Å². The number of hydrogen-bond acceptors (Lipinski definition) is 5. The zero-order chi connectivity index (χ0) is 19.3. The monoisotopic (exact) mass is 391 g/mol. The normalized spacial score (nSPS) is 19.0. The van der Waals surface area contributed by atoms with Gasteiger partial charge in [0.15, 0.2) is 5.65 Å². The number of aryl methyl sites for hydroxylation is 2. The predicted molar refractivity (Wildman–Crippen MR) is 102 cm³/mol. The summed E-state index contributed by atoms with van der Waals surface area (Å²) in [5.41, 5.74) is 3.13. The van der Waals surface area contributed by atoms with Crippen LogP contribution in [0.15, 0.2) is 6.07 Å². The molecule has 27 heavy (non-hydrogen) atoms. The first-order chi connectivity index (χ1) is 12.8. The maximum Gasteiger partial charge on any atom is 0.254 e. The van der Waals surface area contributed by atoms with Crippen molar-refractivity contribution >= 4 is 27.0 Å². The highest BCUT2D eigenvalue weighted by molar-refractivity contribution is 7.89. The standard InChI is InChI=1S/C18H25N5O3S/c1-4-27(25,26)23-9-7-22(8-10-23)18(24)14-11-15(13-5-6-13)19-17-16(14)12(2)20-21(17)3/h11,13H,4-10H2,1-3H3. The van der Waals surface area contributed by atoms with E-state index in [9.17, 15) is 13.2 Å². The van der Waals surface area contributed by atoms with Crippen LogP contribution in [0, 0.1) is 6.92 Å². The molecule has 146 valence electrons. The fraction of sp³-hybridized carbons (Fsp3) is 0.611. The summed E-state index contributed by atoms with van der Waals surface area (Å²) < 4.78 is 27.3. The molecule has 0 radical (unpaired) electrons. The highest BCUT2D eigenvalue weighted by Gasteiger charge is 2.32. The topological polar surface area (TPSA) is 88.4 Å². The second kappa shape index (κ2) is 6.56. The molecule has 0 spiro atoms. The minimum absolute atomic E-state index is 0.0612. The maximum atomic E-state index is 13.3. The van der Waals surface area contributed by atoms with Gasteiger partial charge in [-0.15, -0.1) is 0 Å². The summed E-state index contributed by atoms with van der Waals surface area (Å²) >= 11 is 0. The molecule has 2 fully saturated rings. The van der Waals surface area contributed by atoms with Gasteiger partial charge >= 0.3 is 0 Å². The van der Waals surface area contributed by atoms with Crippen molar-refractivity contribution in [3.63, 3.8) is 0 Å². The third kappa shape index (κ3) is 3.23. The number of fused-ring (bicyclic) bond motifs is 1. The van der Waals surface area contributed by atoms with Crippen molar-refractivity contribution in [2.75, 3.05) is 31.9 Å². The van der Waals surface area contributed by atoms with Gasteiger partial charge in [-0.25, -0.2) is 13.4 Å². The smallest absolute Gasteiger partial charge is 0.254 e. The quantitative estimate of drug-likeness (QED) is 0.783. The van der Waals surface area contributed by atoms with Crippen LogP contribution in [0.5, 0.6) is 0 Å². The molecule has 9 heteroatoms. The van der Waals surface area contributed by atoms with Crippen molar-refractivity contribution < 1.29 is 13.2 Å². The number of pyridine rings is 1. The van der Waals surface area contributed by atoms with E-state index in [1.165, 1.54) is 4.31 Å². The number of carbonyl (C=O) groups is 1. The molecule has 0 unspecified atom stereocenters. The Labute approximate surface area is 159 Å². The average Bonchev–Trinajstić information content (AvgIpc) is 3.47. The lowest BCUT2D eigenvalue weighted by molar-refractivity contribution is 0.0699. The summed E-state index contributed by atoms with van der Waals surface area (Å²) in [5, 5.41) is 5.25. The van der Waals surface area contributed by atoms with E-state index in [0.29, 0.717) is 37.7 Å². The molecule has 1 saturated carbocycles. The van der Waals surface area contributed by atoms with Crippen molar-refractivity contribution in [3.8, 4) is 0 Å². The zero-order valence-corrected chi connectivity index (χ0v) is 16.8. The van der Waals surface area contributed by atoms with Crippen LogP contribution in [0.2, 0.25) is 0 Å². The summed E-state index contributed by atoms with van der Waals surface area (Å²) in [4.78, 5) is 19.8. The molecule has 0 atom stereocenters. The van der Waals surface area contributed by atoms with E-state index in [1.54, 1.807) is 16.5 Å². The Balaban J connectivity index is 1.65. The summed E-state index contributed by atoms with van der Waals surface area (Å²) in [6.07, 6.45) is 2.22. The number of nitrogens with zero attached hydrogens (tertiary/aromatic N) is 5. The molecule has 1 aliphatic carbocycles. The van der Waals surface area contributed by atoms with Crippen molar-refractivity contribution in [2.45, 2.75) is 32.6 Å². The fourth-order valence-corrected chi connectivity index (χ4v) is 4.83. The Kier molecular flexibility index (Phi) is 4.46. The van der Waals surface area contributed by atoms with E-state index < -0.39 is 10.0 Å². The molecular weight excluding hydrogens is 366 g/mol. The van der Waals surface area contributed by atoms with E-state index in [1.807, 2.05) is 20.0 Å². The number of hydrogen-bond donors (Lipinski definition) is 0. The first kappa shape index (κ1) is 18.4. The molecule has 3 heterocycles. The van der Waals surface area contributed by atoms with Gasteiger partial charge in [0, 0.05) is 44.8 Å². The van der Waals surface area contributed by atoms with E-state index in [4.69, 9.17) is 4.98 Å². The predicted octanol–water partition coefficient (Wildman–Crippen LogP) is 1.26. The summed E-state index contributed by atoms with van der Waals surface area (Å²) in [6.45, 7) is 5.03. The second-order valence-corrected chi connectivity index (χ2v) is 9.63. The van der Waals surface area contributed by atoms with Crippen LogP contribution in [-0.4, -0.2) is 70.2 Å². The maximum absolute atomic E-state index is 13.3. The molecule has 2 aromatic rings. The highest BCUT2D eigenvalue weighted by atomic mass is 32.2. The summed E-state index contributed by atoms with van der Waals surface area (Å²) in [6, 6.07) is 1.92. The Morgan fingerprint density at radius 3 is 2.48 bits per heavy atom. The number of aromatic nitrogens is 3. The van der Waals surface area contributed by atoms with E-state index in [-0.39, 0.29) is 11.7 Å². The van der Waals surface area contributed by atoms with Crippen LogP contribution in [-0.2, 0) is 17.1 Å². The molecular formula is C18H25N5O3S. The van der Waals surface area contributed by atoms with Crippen LogP contribution < -0.4 is 0 Å². The zero-order valence-electron chi connectivity index (χ0n) is 16.0. The van der Waals surface area contributed by atoms with Gasteiger partial charge in [0.05, 0.1) is 22.4 Å². The van der Waals surface area contributed by atoms with E-state index in [2.05, 4.69) is 5.10 Å². The molecule has 4 rings (SSSR count). The average molecular weight is 391 g/mol. The lowest BCUT2D eigenvalue weighted by atomic mass is 10.1. The van der Waals surface area contributed by atoms with Gasteiger partial charge in [-0.3, -0.25) is 9.48 Å². The van der Waals surface area contributed by atoms with Crippen molar-refractivity contribution in [1.82, 2.24) is 24.0 Å². The van der Waals surface area contributed by atoms with Gasteiger partial charge in [-0.05, 0) is 32.8 Å². The second-order valence-electron chi connectivity index (χ2n) is 7.37. The van der Waals surface area contributed by atoms with Gasteiger partial charge in [0.1, 0.15) is 0 Å². The Bertz CT molecular complexity index is 1000. The molecule has 0 aromatic carbocycles. The van der Waals surface area contributed by atoms with E-state index in [0.717, 1.165) is 35.3 Å². The third-order valence-corrected chi connectivity index (χ3v) is 7.38. The largest absolute Gasteiger partial charge is 0.336 e. The molecule has 2 aromatic heterocycles. The molecule has 8 nitrogen and oxygen atoms in total. The van der Waals surface area contributed by atoms with Crippen molar-refractivity contribution in [1.29, 1.82) is 0 Å². The van der Waals surface area contributed by atoms with Crippen molar-refractivity contribution in [2.24, 2.45) is 7.05 Å². The van der Waals surface area contributed by atoms with Gasteiger partial charge in [-0.1, -0.05) is 0 Å². The minimum Gasteiger partial charge on any atom is -0.336 e. The van der Waals surface area contributed by atoms with Crippen LogP contribution >= 0.6 is 0 Å². The SMILES string of the molecule is CCS(=O)(=O)N1CCN(C(=O)c2cc(C3CC3)nc3c2c(C)nn3C)CC1. The summed E-state index contributed by atoms with van der Waals surface area (Å²) in [5.74, 6) is 0.461. The first-order valence-electron chi connectivity index (χ1n) is 9.43. The third-order valence-electron chi connectivity index (χ3n) is 5.50. The van der Waals surface area contributed by atoms with Gasteiger partial charge in [0.2, 0.25) is 10.0 Å². The van der Waals surface area contributed by atoms with Gasteiger partial charge in [-0.2, -0.15) is 9.40 Å². The number of carbonyl (C=O) groups excluding carboxylic acids is 1.